The average Bonchev–Trinajstić information content (AvgIpc) is 2.06. The molecule has 0 aliphatic heterocycles. The lowest BCUT2D eigenvalue weighted by Gasteiger charge is -2.69. The molecule has 0 spiro atoms. The third-order valence-electron chi connectivity index (χ3n) is 5.84. The van der Waals surface area contributed by atoms with E-state index in [-0.39, 0.29) is 0 Å². The summed E-state index contributed by atoms with van der Waals surface area (Å²) in [6, 6.07) is 0. The Hall–Kier alpha value is -0.530. The third kappa shape index (κ3) is 1.88. The highest BCUT2D eigenvalue weighted by atomic mass is 16.4. The second-order valence-corrected chi connectivity index (χ2v) is 8.89. The van der Waals surface area contributed by atoms with E-state index in [0.29, 0.717) is 28.1 Å². The Morgan fingerprint density at radius 1 is 0.889 bits per heavy atom. The van der Waals surface area contributed by atoms with Crippen LogP contribution in [0.2, 0.25) is 0 Å². The number of rotatable bonds is 3. The average molecular weight is 250 g/mol. The molecule has 2 nitrogen and oxygen atoms in total. The molecule has 0 aromatic carbocycles. The first-order chi connectivity index (χ1) is 8.16. The Morgan fingerprint density at radius 2 is 1.28 bits per heavy atom. The van der Waals surface area contributed by atoms with Gasteiger partial charge >= 0.3 is 5.97 Å². The monoisotopic (exact) mass is 250 g/mol. The van der Waals surface area contributed by atoms with Crippen molar-refractivity contribution in [3.8, 4) is 0 Å². The Morgan fingerprint density at radius 3 is 1.61 bits per heavy atom. The number of carbonyl (C=O) groups is 1. The molecule has 102 valence electrons. The molecule has 1 N–H and O–H groups in total. The van der Waals surface area contributed by atoms with Crippen LogP contribution in [0.5, 0.6) is 0 Å². The van der Waals surface area contributed by atoms with Gasteiger partial charge in [-0.15, -0.1) is 0 Å². The maximum atomic E-state index is 10.9. The van der Waals surface area contributed by atoms with E-state index in [4.69, 9.17) is 5.11 Å². The van der Waals surface area contributed by atoms with Gasteiger partial charge < -0.3 is 5.11 Å². The zero-order valence-corrected chi connectivity index (χ0v) is 12.0. The van der Waals surface area contributed by atoms with Crippen LogP contribution in [0.4, 0.5) is 0 Å². The summed E-state index contributed by atoms with van der Waals surface area (Å²) in [5, 5.41) is 9.01. The fourth-order valence-corrected chi connectivity index (χ4v) is 7.19. The fourth-order valence-electron chi connectivity index (χ4n) is 7.19. The summed E-state index contributed by atoms with van der Waals surface area (Å²) in [5.41, 5.74) is 1.79. The van der Waals surface area contributed by atoms with Crippen molar-refractivity contribution >= 4 is 5.97 Å². The summed E-state index contributed by atoms with van der Waals surface area (Å²) >= 11 is 0. The minimum atomic E-state index is -0.619. The summed E-state index contributed by atoms with van der Waals surface area (Å²) in [7, 11) is 0. The first kappa shape index (κ1) is 12.5. The minimum Gasteiger partial charge on any atom is -0.481 e. The number of carboxylic acids is 1. The normalized spacial score (nSPS) is 53.7. The van der Waals surface area contributed by atoms with Gasteiger partial charge in [-0.2, -0.15) is 0 Å². The van der Waals surface area contributed by atoms with Crippen molar-refractivity contribution in [2.24, 2.45) is 21.7 Å². The van der Waals surface area contributed by atoms with Crippen molar-refractivity contribution in [2.75, 3.05) is 0 Å². The van der Waals surface area contributed by atoms with E-state index in [1.165, 1.54) is 38.5 Å². The maximum Gasteiger partial charge on any atom is 0.303 e. The predicted molar refractivity (Wildman–Crippen MR) is 71.3 cm³/mol. The van der Waals surface area contributed by atoms with Crippen LogP contribution in [-0.4, -0.2) is 11.1 Å². The summed E-state index contributed by atoms with van der Waals surface area (Å²) in [6.45, 7) is 7.36. The topological polar surface area (TPSA) is 37.3 Å². The van der Waals surface area contributed by atoms with Gasteiger partial charge in [-0.1, -0.05) is 20.8 Å². The van der Waals surface area contributed by atoms with E-state index in [2.05, 4.69) is 20.8 Å². The highest BCUT2D eigenvalue weighted by Crippen LogP contribution is 2.74. The molecule has 18 heavy (non-hydrogen) atoms. The van der Waals surface area contributed by atoms with Gasteiger partial charge in [0.1, 0.15) is 0 Å². The molecule has 4 aliphatic carbocycles. The number of hydrogen-bond donors (Lipinski definition) is 1. The predicted octanol–water partition coefficient (Wildman–Crippen LogP) is 4.24. The highest BCUT2D eigenvalue weighted by Gasteiger charge is 2.63. The van der Waals surface area contributed by atoms with Crippen molar-refractivity contribution in [1.29, 1.82) is 0 Å². The van der Waals surface area contributed by atoms with Crippen molar-refractivity contribution in [2.45, 2.75) is 72.1 Å². The van der Waals surface area contributed by atoms with Gasteiger partial charge in [0.15, 0.2) is 0 Å². The molecule has 0 unspecified atom stereocenters. The number of aliphatic carboxylic acids is 1. The summed E-state index contributed by atoms with van der Waals surface area (Å²) in [6.07, 6.45) is 9.19. The van der Waals surface area contributed by atoms with Gasteiger partial charge in [-0.3, -0.25) is 4.79 Å². The Labute approximate surface area is 110 Å². The zero-order valence-electron chi connectivity index (χ0n) is 12.0. The summed E-state index contributed by atoms with van der Waals surface area (Å²) < 4.78 is 0. The quantitative estimate of drug-likeness (QED) is 0.813. The molecule has 0 amide bonds. The Bertz CT molecular complexity index is 344. The van der Waals surface area contributed by atoms with Crippen LogP contribution < -0.4 is 0 Å². The molecular weight excluding hydrogens is 224 g/mol. The van der Waals surface area contributed by atoms with Gasteiger partial charge in [0.2, 0.25) is 0 Å². The molecule has 4 saturated carbocycles. The zero-order chi connectivity index (χ0) is 13.2. The highest BCUT2D eigenvalue weighted by molar-refractivity contribution is 5.66. The van der Waals surface area contributed by atoms with Crippen LogP contribution in [0.25, 0.3) is 0 Å². The molecule has 0 atom stereocenters. The standard InChI is InChI=1S/C16H26O2/c1-13-6-14(2)8-15(3,7-13)11-16(9-13,10-14)5-4-12(17)18/h4-11H2,1-3H3,(H,17,18). The SMILES string of the molecule is CC12CC3(C)CC(C)(C1)CC(CCC(=O)O)(C2)C3. The molecular formula is C16H26O2. The molecule has 0 radical (unpaired) electrons. The van der Waals surface area contributed by atoms with Crippen LogP contribution in [-0.2, 0) is 4.79 Å². The summed E-state index contributed by atoms with van der Waals surface area (Å²) in [5.74, 6) is -0.619. The number of hydrogen-bond acceptors (Lipinski definition) is 1. The van der Waals surface area contributed by atoms with E-state index in [1.54, 1.807) is 0 Å². The molecule has 4 rings (SSSR count). The molecule has 0 aromatic rings. The molecule has 0 saturated heterocycles. The second-order valence-electron chi connectivity index (χ2n) is 8.89. The van der Waals surface area contributed by atoms with E-state index in [1.807, 2.05) is 0 Å². The van der Waals surface area contributed by atoms with Crippen LogP contribution in [0.1, 0.15) is 72.1 Å². The lowest BCUT2D eigenvalue weighted by Crippen LogP contribution is -2.58. The Kier molecular flexibility index (Phi) is 2.30. The third-order valence-corrected chi connectivity index (χ3v) is 5.84. The molecule has 0 heterocycles. The van der Waals surface area contributed by atoms with Crippen LogP contribution in [0.3, 0.4) is 0 Å². The fraction of sp³-hybridized carbons (Fsp3) is 0.938. The lowest BCUT2D eigenvalue weighted by molar-refractivity contribution is -0.187. The van der Waals surface area contributed by atoms with E-state index in [9.17, 15) is 4.79 Å². The van der Waals surface area contributed by atoms with Gasteiger partial charge in [-0.25, -0.2) is 0 Å². The van der Waals surface area contributed by atoms with Gasteiger partial charge in [0.25, 0.3) is 0 Å². The maximum absolute atomic E-state index is 10.9. The van der Waals surface area contributed by atoms with Crippen LogP contribution in [0.15, 0.2) is 0 Å². The van der Waals surface area contributed by atoms with Gasteiger partial charge in [0, 0.05) is 6.42 Å². The largest absolute Gasteiger partial charge is 0.481 e. The van der Waals surface area contributed by atoms with E-state index in [0.717, 1.165) is 6.42 Å². The van der Waals surface area contributed by atoms with Gasteiger partial charge in [-0.05, 0) is 66.6 Å². The van der Waals surface area contributed by atoms with Crippen LogP contribution in [0, 0.1) is 21.7 Å². The number of carboxylic acid groups (broad SMARTS) is 1. The lowest BCUT2D eigenvalue weighted by atomic mass is 9.36. The first-order valence-corrected chi connectivity index (χ1v) is 7.38. The molecule has 2 heteroatoms. The van der Waals surface area contributed by atoms with E-state index >= 15 is 0 Å². The Balaban J connectivity index is 1.90. The van der Waals surface area contributed by atoms with Crippen molar-refractivity contribution < 1.29 is 9.90 Å². The molecule has 4 fully saturated rings. The molecule has 0 aromatic heterocycles. The van der Waals surface area contributed by atoms with Crippen LogP contribution >= 0.6 is 0 Å². The molecule has 4 aliphatic rings. The smallest absolute Gasteiger partial charge is 0.303 e. The van der Waals surface area contributed by atoms with Crippen molar-refractivity contribution in [3.63, 3.8) is 0 Å². The second kappa shape index (κ2) is 3.32. The first-order valence-electron chi connectivity index (χ1n) is 7.38. The summed E-state index contributed by atoms with van der Waals surface area (Å²) in [4.78, 5) is 10.9. The van der Waals surface area contributed by atoms with E-state index < -0.39 is 5.97 Å². The molecule has 4 bridgehead atoms. The van der Waals surface area contributed by atoms with Crippen molar-refractivity contribution in [1.82, 2.24) is 0 Å². The minimum absolute atomic E-state index is 0.339. The van der Waals surface area contributed by atoms with Crippen molar-refractivity contribution in [3.05, 3.63) is 0 Å². The van der Waals surface area contributed by atoms with Gasteiger partial charge in [0.05, 0.1) is 0 Å².